The lowest BCUT2D eigenvalue weighted by molar-refractivity contribution is -0.137. The molecule has 3 fully saturated rings. The molecule has 4 heterocycles. The molecule has 0 spiro atoms. The number of ether oxygens (including phenoxy) is 2. The smallest absolute Gasteiger partial charge is 0.417 e. The fourth-order valence-corrected chi connectivity index (χ4v) is 8.66. The Morgan fingerprint density at radius 2 is 1.66 bits per heavy atom. The number of anilines is 2. The van der Waals surface area contributed by atoms with Crippen molar-refractivity contribution in [2.75, 3.05) is 87.7 Å². The Kier molecular flexibility index (Phi) is 13.9. The zero-order valence-electron chi connectivity index (χ0n) is 30.8. The van der Waals surface area contributed by atoms with Crippen LogP contribution in [0.5, 0.6) is 5.75 Å². The van der Waals surface area contributed by atoms with E-state index in [0.29, 0.717) is 54.0 Å². The SMILES string of the molecule is N#Cc1ccc(OC2CCC(NC(=O)c3cnc(N4CCN(CCOCCCS(=O)(=O)N5CCN(c6cncc(C(F)(F)F)c6)CC5)CC4)cn3)CC2)cc1Cl. The number of hydrogen-bond donors (Lipinski definition) is 1. The lowest BCUT2D eigenvalue weighted by atomic mass is 9.93. The normalized spacial score (nSPS) is 20.1. The lowest BCUT2D eigenvalue weighted by Gasteiger charge is -2.35. The largest absolute Gasteiger partial charge is 0.490 e. The predicted molar refractivity (Wildman–Crippen MR) is 203 cm³/mol. The Morgan fingerprint density at radius 1 is 0.929 bits per heavy atom. The van der Waals surface area contributed by atoms with Gasteiger partial charge in [0.05, 0.1) is 58.9 Å². The van der Waals surface area contributed by atoms with Gasteiger partial charge in [-0.3, -0.25) is 14.7 Å². The van der Waals surface area contributed by atoms with Gasteiger partial charge < -0.3 is 24.6 Å². The first-order chi connectivity index (χ1) is 26.9. The molecule has 14 nitrogen and oxygen atoms in total. The number of halogens is 4. The molecule has 3 aliphatic rings. The van der Waals surface area contributed by atoms with E-state index in [0.717, 1.165) is 64.1 Å². The van der Waals surface area contributed by atoms with Crippen molar-refractivity contribution in [2.45, 2.75) is 50.4 Å². The number of carbonyl (C=O) groups excluding carboxylic acids is 1. The van der Waals surface area contributed by atoms with E-state index in [1.54, 1.807) is 29.3 Å². The molecule has 1 aromatic carbocycles. The van der Waals surface area contributed by atoms with Gasteiger partial charge in [0.1, 0.15) is 23.3 Å². The Balaban J connectivity index is 0.823. The third-order valence-electron chi connectivity index (χ3n) is 10.2. The van der Waals surface area contributed by atoms with Crippen LogP contribution >= 0.6 is 11.6 Å². The van der Waals surface area contributed by atoms with Gasteiger partial charge in [-0.05, 0) is 50.3 Å². The van der Waals surface area contributed by atoms with Gasteiger partial charge >= 0.3 is 6.18 Å². The molecule has 6 rings (SSSR count). The van der Waals surface area contributed by atoms with Gasteiger partial charge in [0, 0.05) is 83.8 Å². The predicted octanol–water partition coefficient (Wildman–Crippen LogP) is 4.22. The molecular weight excluding hydrogens is 775 g/mol. The molecule has 1 N–H and O–H groups in total. The van der Waals surface area contributed by atoms with Crippen LogP contribution in [0, 0.1) is 11.3 Å². The summed E-state index contributed by atoms with van der Waals surface area (Å²) >= 11 is 6.12. The standard InChI is InChI=1S/C37H45ClF3N9O5S/c38-33-21-32(5-2-27(33)22-42)55-31-6-3-29(4-7-31)46-36(51)34-25-45-35(26-44-34)49-10-8-47(9-11-49)16-18-54-17-1-19-56(52,53)50-14-12-48(13-15-50)30-20-28(23-43-24-30)37(39,40)41/h2,5,20-21,23-26,29,31H,1,3-4,6-19H2,(H,46,51). The van der Waals surface area contributed by atoms with Crippen LogP contribution in [0.15, 0.2) is 49.1 Å². The highest BCUT2D eigenvalue weighted by atomic mass is 35.5. The Labute approximate surface area is 329 Å². The molecule has 56 heavy (non-hydrogen) atoms. The van der Waals surface area contributed by atoms with Crippen molar-refractivity contribution >= 4 is 39.0 Å². The van der Waals surface area contributed by atoms with Gasteiger partial charge in [0.25, 0.3) is 5.91 Å². The molecule has 1 aliphatic carbocycles. The zero-order valence-corrected chi connectivity index (χ0v) is 32.4. The fraction of sp³-hybridized carbons (Fsp3) is 0.541. The van der Waals surface area contributed by atoms with E-state index >= 15 is 0 Å². The number of sulfonamides is 1. The molecule has 0 atom stereocenters. The van der Waals surface area contributed by atoms with Crippen LogP contribution in [-0.4, -0.2) is 128 Å². The van der Waals surface area contributed by atoms with Gasteiger partial charge in [0.15, 0.2) is 0 Å². The third-order valence-corrected chi connectivity index (χ3v) is 12.5. The number of rotatable bonds is 14. The van der Waals surface area contributed by atoms with E-state index in [1.165, 1.54) is 16.7 Å². The molecule has 2 aromatic heterocycles. The summed E-state index contributed by atoms with van der Waals surface area (Å²) in [4.78, 5) is 31.6. The first-order valence-electron chi connectivity index (χ1n) is 18.7. The number of piperazine rings is 2. The van der Waals surface area contributed by atoms with Crippen LogP contribution in [0.3, 0.4) is 0 Å². The van der Waals surface area contributed by atoms with Gasteiger partial charge in [-0.1, -0.05) is 11.6 Å². The highest BCUT2D eigenvalue weighted by molar-refractivity contribution is 7.89. The maximum atomic E-state index is 13.1. The quantitative estimate of drug-likeness (QED) is 0.232. The monoisotopic (exact) mass is 819 g/mol. The van der Waals surface area contributed by atoms with Crippen LogP contribution in [0.2, 0.25) is 5.02 Å². The van der Waals surface area contributed by atoms with E-state index in [4.69, 9.17) is 26.3 Å². The molecule has 2 saturated heterocycles. The fourth-order valence-electron chi connectivity index (χ4n) is 6.99. The van der Waals surface area contributed by atoms with E-state index in [1.807, 2.05) is 6.07 Å². The molecule has 2 aliphatic heterocycles. The number of amides is 1. The first-order valence-corrected chi connectivity index (χ1v) is 20.7. The van der Waals surface area contributed by atoms with Crippen molar-refractivity contribution in [1.29, 1.82) is 5.26 Å². The lowest BCUT2D eigenvalue weighted by Crippen LogP contribution is -2.49. The molecule has 1 saturated carbocycles. The molecule has 19 heteroatoms. The number of aromatic nitrogens is 3. The molecule has 302 valence electrons. The highest BCUT2D eigenvalue weighted by Gasteiger charge is 2.33. The van der Waals surface area contributed by atoms with Gasteiger partial charge in [-0.25, -0.2) is 18.4 Å². The molecule has 0 bridgehead atoms. The molecule has 0 unspecified atom stereocenters. The first kappa shape index (κ1) is 41.4. The molecule has 0 radical (unpaired) electrons. The summed E-state index contributed by atoms with van der Waals surface area (Å²) in [5.41, 5.74) is 0.154. The summed E-state index contributed by atoms with van der Waals surface area (Å²) in [7, 11) is -3.52. The summed E-state index contributed by atoms with van der Waals surface area (Å²) in [5, 5.41) is 12.5. The number of benzene rings is 1. The minimum absolute atomic E-state index is 0.00341. The van der Waals surface area contributed by atoms with Crippen molar-refractivity contribution in [3.8, 4) is 11.8 Å². The summed E-state index contributed by atoms with van der Waals surface area (Å²) in [6, 6.07) is 8.12. The third kappa shape index (κ3) is 11.2. The topological polar surface area (TPSA) is 157 Å². The second-order valence-electron chi connectivity index (χ2n) is 14.0. The minimum Gasteiger partial charge on any atom is -0.490 e. The van der Waals surface area contributed by atoms with Crippen LogP contribution in [-0.2, 0) is 20.9 Å². The Bertz CT molecular complexity index is 1930. The van der Waals surface area contributed by atoms with Crippen molar-refractivity contribution in [3.63, 3.8) is 0 Å². The van der Waals surface area contributed by atoms with Gasteiger partial charge in [0.2, 0.25) is 10.0 Å². The number of pyridine rings is 1. The van der Waals surface area contributed by atoms with Gasteiger partial charge in [-0.15, -0.1) is 0 Å². The molecule has 1 amide bonds. The van der Waals surface area contributed by atoms with Crippen molar-refractivity contribution in [3.05, 3.63) is 70.9 Å². The second-order valence-corrected chi connectivity index (χ2v) is 16.5. The van der Waals surface area contributed by atoms with E-state index in [-0.39, 0.29) is 55.7 Å². The average Bonchev–Trinajstić information content (AvgIpc) is 3.20. The van der Waals surface area contributed by atoms with E-state index in [9.17, 15) is 26.4 Å². The highest BCUT2D eigenvalue weighted by Crippen LogP contribution is 2.31. The number of hydrogen-bond acceptors (Lipinski definition) is 12. The summed E-state index contributed by atoms with van der Waals surface area (Å²) in [6.07, 6.45) is 4.19. The molecule has 3 aromatic rings. The average molecular weight is 820 g/mol. The van der Waals surface area contributed by atoms with Crippen molar-refractivity contribution in [2.24, 2.45) is 0 Å². The van der Waals surface area contributed by atoms with Crippen molar-refractivity contribution in [1.82, 2.24) is 29.5 Å². The van der Waals surface area contributed by atoms with Crippen LogP contribution < -0.4 is 19.9 Å². The summed E-state index contributed by atoms with van der Waals surface area (Å²) in [5.74, 6) is 1.00. The number of nitrogens with zero attached hydrogens (tertiary/aromatic N) is 8. The van der Waals surface area contributed by atoms with Gasteiger partial charge in [-0.2, -0.15) is 22.7 Å². The summed E-state index contributed by atoms with van der Waals surface area (Å²) in [6.45, 7) is 5.45. The maximum absolute atomic E-state index is 13.1. The Morgan fingerprint density at radius 3 is 2.32 bits per heavy atom. The van der Waals surface area contributed by atoms with E-state index in [2.05, 4.69) is 30.1 Å². The maximum Gasteiger partial charge on any atom is 0.417 e. The zero-order chi connectivity index (χ0) is 39.7. The minimum atomic E-state index is -4.49. The number of alkyl halides is 3. The summed E-state index contributed by atoms with van der Waals surface area (Å²) < 4.78 is 78.2. The number of carbonyl (C=O) groups is 1. The van der Waals surface area contributed by atoms with Crippen LogP contribution in [0.1, 0.15) is 53.7 Å². The Hall–Kier alpha value is -4.28. The molecular formula is C37H45ClF3N9O5S. The number of nitrogens with one attached hydrogen (secondary N) is 1. The van der Waals surface area contributed by atoms with Crippen LogP contribution in [0.25, 0.3) is 0 Å². The van der Waals surface area contributed by atoms with E-state index < -0.39 is 21.8 Å². The van der Waals surface area contributed by atoms with Crippen LogP contribution in [0.4, 0.5) is 24.7 Å². The van der Waals surface area contributed by atoms with Crippen molar-refractivity contribution < 1.29 is 35.9 Å². The number of nitriles is 1. The second kappa shape index (κ2) is 18.8.